The van der Waals surface area contributed by atoms with E-state index in [0.29, 0.717) is 16.3 Å². The number of carbonyl (C=O) groups excluding carboxylic acids is 1. The van der Waals surface area contributed by atoms with E-state index in [1.165, 1.54) is 12.1 Å². The zero-order chi connectivity index (χ0) is 16.4. The van der Waals surface area contributed by atoms with Crippen molar-refractivity contribution in [1.29, 1.82) is 0 Å². The van der Waals surface area contributed by atoms with Crippen molar-refractivity contribution in [3.05, 3.63) is 57.8 Å². The molecule has 1 saturated heterocycles. The SMILES string of the molecule is O=C(Nc1c(F)cccc1N1CCCC1)c1ccc(Cl)c(Cl)c1. The molecule has 0 bridgehead atoms. The fraction of sp³-hybridized carbons (Fsp3) is 0.235. The predicted molar refractivity (Wildman–Crippen MR) is 92.3 cm³/mol. The van der Waals surface area contributed by atoms with Gasteiger partial charge in [0.2, 0.25) is 0 Å². The Hall–Kier alpha value is -1.78. The summed E-state index contributed by atoms with van der Waals surface area (Å²) in [5, 5.41) is 3.31. The summed E-state index contributed by atoms with van der Waals surface area (Å²) in [5.41, 5.74) is 1.23. The first-order chi connectivity index (χ1) is 11.1. The molecule has 2 aromatic rings. The van der Waals surface area contributed by atoms with E-state index in [1.54, 1.807) is 18.2 Å². The highest BCUT2D eigenvalue weighted by Gasteiger charge is 2.20. The van der Waals surface area contributed by atoms with E-state index in [-0.39, 0.29) is 10.7 Å². The van der Waals surface area contributed by atoms with Crippen LogP contribution < -0.4 is 10.2 Å². The van der Waals surface area contributed by atoms with E-state index in [4.69, 9.17) is 23.2 Å². The van der Waals surface area contributed by atoms with Crippen molar-refractivity contribution in [2.24, 2.45) is 0 Å². The highest BCUT2D eigenvalue weighted by Crippen LogP contribution is 2.32. The van der Waals surface area contributed by atoms with E-state index in [1.807, 2.05) is 6.07 Å². The average molecular weight is 353 g/mol. The first-order valence-corrected chi connectivity index (χ1v) is 8.12. The van der Waals surface area contributed by atoms with Gasteiger partial charge in [-0.1, -0.05) is 29.3 Å². The van der Waals surface area contributed by atoms with Gasteiger partial charge < -0.3 is 10.2 Å². The van der Waals surface area contributed by atoms with Crippen molar-refractivity contribution in [2.75, 3.05) is 23.3 Å². The molecule has 1 heterocycles. The van der Waals surface area contributed by atoms with Crippen molar-refractivity contribution >= 4 is 40.5 Å². The topological polar surface area (TPSA) is 32.3 Å². The maximum atomic E-state index is 14.2. The number of benzene rings is 2. The minimum absolute atomic E-state index is 0.200. The Kier molecular flexibility index (Phi) is 4.74. The molecule has 6 heteroatoms. The standard InChI is InChI=1S/C17H15Cl2FN2O/c18-12-7-6-11(10-13(12)19)17(23)21-16-14(20)4-3-5-15(16)22-8-1-2-9-22/h3-7,10H,1-2,8-9H2,(H,21,23). The summed E-state index contributed by atoms with van der Waals surface area (Å²) in [5.74, 6) is -0.878. The van der Waals surface area contributed by atoms with Gasteiger partial charge in [0, 0.05) is 18.7 Å². The van der Waals surface area contributed by atoms with Crippen LogP contribution in [0.2, 0.25) is 10.0 Å². The molecule has 3 rings (SSSR count). The molecule has 0 unspecified atom stereocenters. The number of hydrogen-bond donors (Lipinski definition) is 1. The number of rotatable bonds is 3. The van der Waals surface area contributed by atoms with Crippen LogP contribution in [0, 0.1) is 5.82 Å². The number of halogens is 3. The number of hydrogen-bond acceptors (Lipinski definition) is 2. The lowest BCUT2D eigenvalue weighted by atomic mass is 10.2. The molecular weight excluding hydrogens is 338 g/mol. The quantitative estimate of drug-likeness (QED) is 0.844. The monoisotopic (exact) mass is 352 g/mol. The van der Waals surface area contributed by atoms with E-state index < -0.39 is 11.7 Å². The smallest absolute Gasteiger partial charge is 0.255 e. The molecule has 1 aliphatic rings. The number of nitrogens with one attached hydrogen (secondary N) is 1. The molecule has 0 aromatic heterocycles. The Balaban J connectivity index is 1.89. The summed E-state index contributed by atoms with van der Waals surface area (Å²) in [6.45, 7) is 1.72. The van der Waals surface area contributed by atoms with Crippen LogP contribution in [-0.2, 0) is 0 Å². The number of anilines is 2. The summed E-state index contributed by atoms with van der Waals surface area (Å²) in [4.78, 5) is 14.5. The molecule has 0 atom stereocenters. The lowest BCUT2D eigenvalue weighted by molar-refractivity contribution is 0.102. The number of amides is 1. The number of para-hydroxylation sites is 1. The maximum absolute atomic E-state index is 14.2. The van der Waals surface area contributed by atoms with Gasteiger partial charge in [-0.15, -0.1) is 0 Å². The first-order valence-electron chi connectivity index (χ1n) is 7.36. The predicted octanol–water partition coefficient (Wildman–Crippen LogP) is 4.99. The summed E-state index contributed by atoms with van der Waals surface area (Å²) >= 11 is 11.8. The van der Waals surface area contributed by atoms with Crippen LogP contribution in [-0.4, -0.2) is 19.0 Å². The summed E-state index contributed by atoms with van der Waals surface area (Å²) in [7, 11) is 0. The normalized spacial score (nSPS) is 14.1. The van der Waals surface area contributed by atoms with Gasteiger partial charge in [-0.25, -0.2) is 4.39 Å². The second kappa shape index (κ2) is 6.77. The van der Waals surface area contributed by atoms with E-state index in [2.05, 4.69) is 10.2 Å². The molecular formula is C17H15Cl2FN2O. The molecule has 1 amide bonds. The Bertz CT molecular complexity index is 745. The zero-order valence-corrected chi connectivity index (χ0v) is 13.8. The number of carbonyl (C=O) groups is 1. The van der Waals surface area contributed by atoms with E-state index >= 15 is 0 Å². The molecule has 120 valence electrons. The second-order valence-electron chi connectivity index (χ2n) is 5.41. The van der Waals surface area contributed by atoms with Gasteiger partial charge in [0.05, 0.1) is 15.7 Å². The van der Waals surface area contributed by atoms with Gasteiger partial charge >= 0.3 is 0 Å². The Morgan fingerprint density at radius 2 is 1.83 bits per heavy atom. The molecule has 0 spiro atoms. The average Bonchev–Trinajstić information content (AvgIpc) is 3.06. The number of nitrogens with zero attached hydrogens (tertiary/aromatic N) is 1. The first kappa shape index (κ1) is 16.1. The molecule has 2 aromatic carbocycles. The largest absolute Gasteiger partial charge is 0.370 e. The summed E-state index contributed by atoms with van der Waals surface area (Å²) in [6.07, 6.45) is 2.13. The van der Waals surface area contributed by atoms with Crippen LogP contribution in [0.5, 0.6) is 0 Å². The van der Waals surface area contributed by atoms with Gasteiger partial charge in [0.25, 0.3) is 5.91 Å². The van der Waals surface area contributed by atoms with Crippen molar-refractivity contribution in [3.8, 4) is 0 Å². The molecule has 0 aliphatic carbocycles. The minimum atomic E-state index is -0.456. The molecule has 23 heavy (non-hydrogen) atoms. The summed E-state index contributed by atoms with van der Waals surface area (Å²) < 4.78 is 14.2. The molecule has 1 fully saturated rings. The third-order valence-electron chi connectivity index (χ3n) is 3.86. The maximum Gasteiger partial charge on any atom is 0.255 e. The highest BCUT2D eigenvalue weighted by molar-refractivity contribution is 6.42. The zero-order valence-electron chi connectivity index (χ0n) is 12.3. The Labute approximate surface area is 144 Å². The lowest BCUT2D eigenvalue weighted by Gasteiger charge is -2.22. The highest BCUT2D eigenvalue weighted by atomic mass is 35.5. The van der Waals surface area contributed by atoms with Gasteiger partial charge in [0.1, 0.15) is 11.5 Å². The van der Waals surface area contributed by atoms with Crippen molar-refractivity contribution < 1.29 is 9.18 Å². The van der Waals surface area contributed by atoms with Crippen LogP contribution in [0.25, 0.3) is 0 Å². The molecule has 3 nitrogen and oxygen atoms in total. The molecule has 0 saturated carbocycles. The molecule has 1 N–H and O–H groups in total. The third kappa shape index (κ3) is 3.43. The lowest BCUT2D eigenvalue weighted by Crippen LogP contribution is -2.22. The molecule has 0 radical (unpaired) electrons. The van der Waals surface area contributed by atoms with Crippen LogP contribution >= 0.6 is 23.2 Å². The van der Waals surface area contributed by atoms with Crippen molar-refractivity contribution in [2.45, 2.75) is 12.8 Å². The van der Waals surface area contributed by atoms with Gasteiger partial charge in [-0.05, 0) is 43.2 Å². The van der Waals surface area contributed by atoms with Gasteiger partial charge in [0.15, 0.2) is 0 Å². The van der Waals surface area contributed by atoms with Crippen molar-refractivity contribution in [1.82, 2.24) is 0 Å². The van der Waals surface area contributed by atoms with Crippen LogP contribution in [0.15, 0.2) is 36.4 Å². The Morgan fingerprint density at radius 1 is 1.09 bits per heavy atom. The summed E-state index contributed by atoms with van der Waals surface area (Å²) in [6, 6.07) is 9.37. The van der Waals surface area contributed by atoms with Gasteiger partial charge in [-0.3, -0.25) is 4.79 Å². The Morgan fingerprint density at radius 3 is 2.52 bits per heavy atom. The fourth-order valence-corrected chi connectivity index (χ4v) is 2.98. The van der Waals surface area contributed by atoms with Crippen molar-refractivity contribution in [3.63, 3.8) is 0 Å². The van der Waals surface area contributed by atoms with E-state index in [9.17, 15) is 9.18 Å². The third-order valence-corrected chi connectivity index (χ3v) is 4.60. The molecule has 1 aliphatic heterocycles. The fourth-order valence-electron chi connectivity index (χ4n) is 2.68. The second-order valence-corrected chi connectivity index (χ2v) is 6.23. The van der Waals surface area contributed by atoms with Crippen LogP contribution in [0.4, 0.5) is 15.8 Å². The van der Waals surface area contributed by atoms with Gasteiger partial charge in [-0.2, -0.15) is 0 Å². The minimum Gasteiger partial charge on any atom is -0.370 e. The van der Waals surface area contributed by atoms with E-state index in [0.717, 1.165) is 25.9 Å². The van der Waals surface area contributed by atoms with Crippen LogP contribution in [0.1, 0.15) is 23.2 Å². The van der Waals surface area contributed by atoms with Crippen LogP contribution in [0.3, 0.4) is 0 Å².